The van der Waals surface area contributed by atoms with Gasteiger partial charge in [0.05, 0.1) is 20.6 Å². The molecule has 0 saturated carbocycles. The molecule has 1 fully saturated rings. The first-order valence-corrected chi connectivity index (χ1v) is 12.6. The highest BCUT2D eigenvalue weighted by atomic mass is 32.2. The summed E-state index contributed by atoms with van der Waals surface area (Å²) in [4.78, 5) is 58.5. The van der Waals surface area contributed by atoms with Crippen molar-refractivity contribution in [3.05, 3.63) is 29.2 Å². The summed E-state index contributed by atoms with van der Waals surface area (Å²) in [6.07, 6.45) is 3.33. The number of nitrogens with zero attached hydrogens (tertiary/aromatic N) is 5. The molecule has 3 rings (SSSR count). The number of likely N-dealkylation sites (N-methyl/N-ethyl adjacent to an activating group) is 1. The van der Waals surface area contributed by atoms with E-state index in [0.29, 0.717) is 12.1 Å². The first-order chi connectivity index (χ1) is 17.4. The first-order valence-electron chi connectivity index (χ1n) is 10.7. The number of carbonyl (C=O) groups is 4. The SMILES string of the molecule is C[C@H](C(N)=O)[N+](C)(C)CC=CC1=C(C(=O)O)N2C(=O)[C@@H](NC(=O)C(=NOCF)c3nsc(N)n3)[C@@H]2SC1. The van der Waals surface area contributed by atoms with Gasteiger partial charge in [-0.25, -0.2) is 9.18 Å². The zero-order chi connectivity index (χ0) is 27.5. The molecule has 0 spiro atoms. The highest BCUT2D eigenvalue weighted by Crippen LogP contribution is 2.40. The number of aliphatic carboxylic acids is 1. The van der Waals surface area contributed by atoms with Gasteiger partial charge in [-0.05, 0) is 18.6 Å². The van der Waals surface area contributed by atoms with Crippen molar-refractivity contribution in [3.63, 3.8) is 0 Å². The topological polar surface area (TPSA) is 203 Å². The van der Waals surface area contributed by atoms with E-state index in [1.165, 1.54) is 11.8 Å². The summed E-state index contributed by atoms with van der Waals surface area (Å²) in [5.74, 6) is -3.29. The number of primary amides is 1. The number of nitrogen functional groups attached to an aromatic ring is 1. The summed E-state index contributed by atoms with van der Waals surface area (Å²) in [6, 6.07) is -1.54. The number of halogens is 1. The van der Waals surface area contributed by atoms with Crippen molar-refractivity contribution in [3.8, 4) is 0 Å². The van der Waals surface area contributed by atoms with Gasteiger partial charge in [-0.2, -0.15) is 9.36 Å². The molecule has 0 bridgehead atoms. The number of fused-ring (bicyclic) bond motifs is 1. The Labute approximate surface area is 218 Å². The molecule has 6 N–H and O–H groups in total. The summed E-state index contributed by atoms with van der Waals surface area (Å²) >= 11 is 2.03. The number of quaternary nitrogens is 1. The lowest BCUT2D eigenvalue weighted by Crippen LogP contribution is -2.71. The third-order valence-electron chi connectivity index (χ3n) is 5.92. The first kappa shape index (κ1) is 28.0. The van der Waals surface area contributed by atoms with Crippen LogP contribution in [0.5, 0.6) is 0 Å². The number of oxime groups is 1. The predicted octanol–water partition coefficient (Wildman–Crippen LogP) is -0.987. The van der Waals surface area contributed by atoms with E-state index in [0.717, 1.165) is 16.4 Å². The number of hydrogen-bond donors (Lipinski definition) is 4. The fraction of sp³-hybridized carbons (Fsp3) is 0.450. The number of carboxylic acids is 1. The Hall–Kier alpha value is -3.57. The van der Waals surface area contributed by atoms with Crippen molar-refractivity contribution in [2.75, 3.05) is 39.0 Å². The lowest BCUT2D eigenvalue weighted by atomic mass is 10.0. The maximum Gasteiger partial charge on any atom is 0.352 e. The van der Waals surface area contributed by atoms with Gasteiger partial charge in [-0.15, -0.1) is 11.8 Å². The molecule has 2 aliphatic rings. The smallest absolute Gasteiger partial charge is 0.352 e. The normalized spacial score (nSPS) is 20.9. The number of aromatic nitrogens is 2. The molecule has 3 heterocycles. The molecule has 1 aromatic rings. The lowest BCUT2D eigenvalue weighted by molar-refractivity contribution is -0.898. The third-order valence-corrected chi connectivity index (χ3v) is 7.76. The highest BCUT2D eigenvalue weighted by Gasteiger charge is 2.54. The maximum atomic E-state index is 12.9. The van der Waals surface area contributed by atoms with Crippen molar-refractivity contribution < 1.29 is 38.0 Å². The minimum atomic E-state index is -1.31. The second kappa shape index (κ2) is 11.2. The number of thioether (sulfide) groups is 1. The van der Waals surface area contributed by atoms with Crippen LogP contribution in [0.15, 0.2) is 28.6 Å². The number of allylic oxidation sites excluding steroid dienone is 1. The summed E-state index contributed by atoms with van der Waals surface area (Å²) in [5.41, 5.74) is 10.6. The molecular formula is C20H26FN8O6S2+. The van der Waals surface area contributed by atoms with Gasteiger partial charge in [-0.1, -0.05) is 11.2 Å². The van der Waals surface area contributed by atoms with Crippen molar-refractivity contribution in [1.29, 1.82) is 0 Å². The van der Waals surface area contributed by atoms with Gasteiger partial charge in [0.2, 0.25) is 11.5 Å². The number of nitrogens with two attached hydrogens (primary N) is 2. The second-order valence-corrected chi connectivity index (χ2v) is 10.5. The molecule has 0 unspecified atom stereocenters. The number of anilines is 1. The van der Waals surface area contributed by atoms with Crippen LogP contribution >= 0.6 is 23.3 Å². The quantitative estimate of drug-likeness (QED) is 0.113. The molecule has 14 nitrogen and oxygen atoms in total. The van der Waals surface area contributed by atoms with Gasteiger partial charge in [0.15, 0.2) is 11.2 Å². The van der Waals surface area contributed by atoms with Gasteiger partial charge in [-0.3, -0.25) is 19.3 Å². The van der Waals surface area contributed by atoms with Crippen LogP contribution in [0.3, 0.4) is 0 Å². The standard InChI is InChI=1S/C20H25FN8O6S2/c1-9(14(22)30)29(2,3)6-4-5-10-7-36-18-12(17(32)28(18)13(10)19(33)34)24-16(31)11(26-35-8-21)15-25-20(23)37-27-15/h4-5,9,12,18H,6-8H2,1-3H3,(H5-,22,23,24,25,27,30,31,33,34)/p+1/t9-,12-,18+/m1/s1. The monoisotopic (exact) mass is 557 g/mol. The number of alkyl halides is 1. The van der Waals surface area contributed by atoms with Crippen LogP contribution < -0.4 is 16.8 Å². The lowest BCUT2D eigenvalue weighted by Gasteiger charge is -2.49. The fourth-order valence-electron chi connectivity index (χ4n) is 3.55. The molecule has 200 valence electrons. The average molecular weight is 558 g/mol. The predicted molar refractivity (Wildman–Crippen MR) is 132 cm³/mol. The van der Waals surface area contributed by atoms with E-state index in [1.807, 2.05) is 14.1 Å². The Morgan fingerprint density at radius 1 is 1.43 bits per heavy atom. The Bertz CT molecular complexity index is 1200. The van der Waals surface area contributed by atoms with Crippen molar-refractivity contribution in [1.82, 2.24) is 19.6 Å². The van der Waals surface area contributed by atoms with E-state index in [4.69, 9.17) is 11.5 Å². The van der Waals surface area contributed by atoms with Crippen molar-refractivity contribution >= 4 is 57.8 Å². The van der Waals surface area contributed by atoms with Crippen molar-refractivity contribution in [2.24, 2.45) is 10.9 Å². The number of β-lactam (4-membered cyclic amide) rings is 1. The van der Waals surface area contributed by atoms with E-state index >= 15 is 0 Å². The fourth-order valence-corrected chi connectivity index (χ4v) is 5.31. The highest BCUT2D eigenvalue weighted by molar-refractivity contribution is 8.00. The Balaban J connectivity index is 1.77. The largest absolute Gasteiger partial charge is 0.477 e. The number of nitrogens with one attached hydrogen (secondary N) is 1. The summed E-state index contributed by atoms with van der Waals surface area (Å²) in [5, 5.41) is 15.0. The number of carbonyl (C=O) groups excluding carboxylic acids is 3. The molecule has 2 aliphatic heterocycles. The summed E-state index contributed by atoms with van der Waals surface area (Å²) in [7, 11) is 3.63. The van der Waals surface area contributed by atoms with Gasteiger partial charge in [0.1, 0.15) is 17.1 Å². The van der Waals surface area contributed by atoms with E-state index in [-0.39, 0.29) is 26.9 Å². The molecule has 0 aliphatic carbocycles. The minimum Gasteiger partial charge on any atom is -0.477 e. The van der Waals surface area contributed by atoms with Gasteiger partial charge in [0.25, 0.3) is 24.6 Å². The van der Waals surface area contributed by atoms with Crippen LogP contribution in [-0.4, -0.2) is 104 Å². The molecule has 3 amide bonds. The molecule has 17 heteroatoms. The molecule has 0 radical (unpaired) electrons. The van der Waals surface area contributed by atoms with E-state index in [2.05, 4.69) is 24.7 Å². The van der Waals surface area contributed by atoms with E-state index in [9.17, 15) is 28.7 Å². The van der Waals surface area contributed by atoms with Crippen LogP contribution in [0.4, 0.5) is 9.52 Å². The summed E-state index contributed by atoms with van der Waals surface area (Å²) < 4.78 is 16.6. The van der Waals surface area contributed by atoms with Gasteiger partial charge < -0.3 is 31.2 Å². The van der Waals surface area contributed by atoms with Crippen LogP contribution in [0.2, 0.25) is 0 Å². The number of hydrogen-bond acceptors (Lipinski definition) is 11. The molecule has 3 atom stereocenters. The van der Waals surface area contributed by atoms with E-state index < -0.39 is 53.7 Å². The van der Waals surface area contributed by atoms with Crippen LogP contribution in [0, 0.1) is 0 Å². The molecular weight excluding hydrogens is 531 g/mol. The van der Waals surface area contributed by atoms with Gasteiger partial charge in [0, 0.05) is 17.3 Å². The molecule has 1 aromatic heterocycles. The zero-order valence-corrected chi connectivity index (χ0v) is 21.7. The van der Waals surface area contributed by atoms with E-state index in [1.54, 1.807) is 19.1 Å². The summed E-state index contributed by atoms with van der Waals surface area (Å²) in [6.45, 7) is 0.774. The minimum absolute atomic E-state index is 0.0348. The number of carboxylic acid groups (broad SMARTS) is 1. The number of amides is 3. The zero-order valence-electron chi connectivity index (χ0n) is 20.1. The maximum absolute atomic E-state index is 12.9. The Kier molecular flexibility index (Phi) is 8.49. The van der Waals surface area contributed by atoms with Crippen LogP contribution in [0.25, 0.3) is 0 Å². The third kappa shape index (κ3) is 5.89. The Morgan fingerprint density at radius 3 is 2.70 bits per heavy atom. The molecule has 0 aromatic carbocycles. The second-order valence-electron chi connectivity index (χ2n) is 8.62. The van der Waals surface area contributed by atoms with Crippen molar-refractivity contribution in [2.45, 2.75) is 24.4 Å². The van der Waals surface area contributed by atoms with Crippen LogP contribution in [0.1, 0.15) is 12.7 Å². The average Bonchev–Trinajstić information content (AvgIpc) is 3.27. The van der Waals surface area contributed by atoms with Gasteiger partial charge >= 0.3 is 5.97 Å². The molecule has 37 heavy (non-hydrogen) atoms. The molecule has 1 saturated heterocycles. The Morgan fingerprint density at radius 2 is 2.14 bits per heavy atom. The van der Waals surface area contributed by atoms with Crippen LogP contribution in [-0.2, 0) is 24.0 Å². The number of rotatable bonds is 11.